The second-order valence-corrected chi connectivity index (χ2v) is 11.9. The predicted octanol–water partition coefficient (Wildman–Crippen LogP) is 6.45. The minimum atomic E-state index is -4.19. The van der Waals surface area contributed by atoms with Crippen molar-refractivity contribution in [1.82, 2.24) is 9.71 Å². The highest BCUT2D eigenvalue weighted by Crippen LogP contribution is 2.53. The zero-order valence-corrected chi connectivity index (χ0v) is 21.9. The van der Waals surface area contributed by atoms with Gasteiger partial charge in [-0.05, 0) is 55.3 Å². The van der Waals surface area contributed by atoms with E-state index in [1.807, 2.05) is 36.4 Å². The first-order valence-electron chi connectivity index (χ1n) is 11.6. The summed E-state index contributed by atoms with van der Waals surface area (Å²) in [6.45, 7) is 1.70. The lowest BCUT2D eigenvalue weighted by Crippen LogP contribution is -2.37. The van der Waals surface area contributed by atoms with Crippen molar-refractivity contribution in [2.75, 3.05) is 0 Å². The molecule has 0 unspecified atom stereocenters. The van der Waals surface area contributed by atoms with Crippen LogP contribution >= 0.6 is 7.60 Å². The Morgan fingerprint density at radius 2 is 1.35 bits per heavy atom. The average molecular weight is 535 g/mol. The topological polar surface area (TPSA) is 94.6 Å². The fraction of sp³-hybridized carbons (Fsp3) is 0.107. The van der Waals surface area contributed by atoms with Crippen molar-refractivity contribution in [2.45, 2.75) is 24.2 Å². The molecule has 0 saturated heterocycles. The van der Waals surface area contributed by atoms with Gasteiger partial charge >= 0.3 is 7.60 Å². The van der Waals surface area contributed by atoms with E-state index in [0.29, 0.717) is 5.69 Å². The lowest BCUT2D eigenvalue weighted by molar-refractivity contribution is 0.367. The van der Waals surface area contributed by atoms with E-state index in [4.69, 9.17) is 9.05 Å². The molecule has 3 aromatic carbocycles. The zero-order chi connectivity index (χ0) is 26.1. The van der Waals surface area contributed by atoms with E-state index in [9.17, 15) is 13.0 Å². The van der Waals surface area contributed by atoms with Gasteiger partial charge in [0, 0.05) is 5.69 Å². The maximum atomic E-state index is 14.4. The summed E-state index contributed by atoms with van der Waals surface area (Å²) in [7, 11) is -8.36. The van der Waals surface area contributed by atoms with Crippen molar-refractivity contribution in [2.24, 2.45) is 0 Å². The van der Waals surface area contributed by atoms with Crippen LogP contribution in [0, 0.1) is 6.92 Å². The fourth-order valence-corrected chi connectivity index (χ4v) is 6.98. The van der Waals surface area contributed by atoms with E-state index in [0.717, 1.165) is 5.56 Å². The number of aryl methyl sites for hydroxylation is 1. The molecule has 37 heavy (non-hydrogen) atoms. The molecular formula is C28H27N2O5PS. The van der Waals surface area contributed by atoms with Gasteiger partial charge in [0.05, 0.1) is 0 Å². The SMILES string of the molecule is Cc1cccc(S(=O)(=O)N[C@H](C/C=C/c2ccccc2)P(=O)(Oc2ccccc2)Oc2ccccc2)n1. The molecule has 4 rings (SSSR count). The Kier molecular flexibility index (Phi) is 8.56. The average Bonchev–Trinajstić information content (AvgIpc) is 2.90. The Morgan fingerprint density at radius 1 is 0.811 bits per heavy atom. The molecule has 9 heteroatoms. The molecule has 0 bridgehead atoms. The molecule has 4 aromatic rings. The molecule has 0 aliphatic carbocycles. The maximum absolute atomic E-state index is 14.4. The van der Waals surface area contributed by atoms with E-state index in [2.05, 4.69) is 9.71 Å². The largest absolute Gasteiger partial charge is 0.448 e. The molecule has 0 saturated carbocycles. The van der Waals surface area contributed by atoms with Gasteiger partial charge in [0.1, 0.15) is 17.3 Å². The third kappa shape index (κ3) is 7.40. The predicted molar refractivity (Wildman–Crippen MR) is 145 cm³/mol. The first-order chi connectivity index (χ1) is 17.8. The molecule has 0 radical (unpaired) electrons. The van der Waals surface area contributed by atoms with E-state index >= 15 is 0 Å². The van der Waals surface area contributed by atoms with Gasteiger partial charge in [-0.2, -0.15) is 4.72 Å². The summed E-state index contributed by atoms with van der Waals surface area (Å²) in [5, 5.41) is -0.185. The molecule has 1 N–H and O–H groups in total. The van der Waals surface area contributed by atoms with Crippen LogP contribution in [-0.4, -0.2) is 19.2 Å². The number of nitrogens with zero attached hydrogens (tertiary/aromatic N) is 1. The molecule has 0 amide bonds. The quantitative estimate of drug-likeness (QED) is 0.222. The van der Waals surface area contributed by atoms with Crippen LogP contribution < -0.4 is 13.8 Å². The highest BCUT2D eigenvalue weighted by molar-refractivity contribution is 7.89. The summed E-state index contributed by atoms with van der Waals surface area (Å²) in [5.41, 5.74) is 1.44. The van der Waals surface area contributed by atoms with Crippen molar-refractivity contribution >= 4 is 23.7 Å². The normalized spacial score (nSPS) is 12.8. The third-order valence-corrected chi connectivity index (χ3v) is 8.81. The molecule has 1 atom stereocenters. The molecule has 1 aromatic heterocycles. The summed E-state index contributed by atoms with van der Waals surface area (Å²) in [4.78, 5) is 4.14. The van der Waals surface area contributed by atoms with Crippen LogP contribution in [0.15, 0.2) is 120 Å². The van der Waals surface area contributed by atoms with E-state index < -0.39 is 23.4 Å². The van der Waals surface area contributed by atoms with Crippen LogP contribution in [0.4, 0.5) is 0 Å². The minimum Gasteiger partial charge on any atom is -0.415 e. The van der Waals surface area contributed by atoms with Gasteiger partial charge in [-0.3, -0.25) is 0 Å². The Balaban J connectivity index is 1.73. The van der Waals surface area contributed by atoms with Crippen LogP contribution in [0.25, 0.3) is 6.08 Å². The third-order valence-electron chi connectivity index (χ3n) is 5.23. The molecule has 7 nitrogen and oxygen atoms in total. The highest BCUT2D eigenvalue weighted by atomic mass is 32.2. The van der Waals surface area contributed by atoms with Crippen LogP contribution in [0.5, 0.6) is 11.5 Å². The Labute approximate surface area is 217 Å². The van der Waals surface area contributed by atoms with Crippen molar-refractivity contribution in [3.8, 4) is 11.5 Å². The van der Waals surface area contributed by atoms with Gasteiger partial charge in [0.15, 0.2) is 5.03 Å². The Morgan fingerprint density at radius 3 is 1.89 bits per heavy atom. The number of hydrogen-bond acceptors (Lipinski definition) is 6. The monoisotopic (exact) mass is 534 g/mol. The second-order valence-electron chi connectivity index (χ2n) is 8.15. The standard InChI is InChI=1S/C28H27N2O5PS/c1-23-13-11-22-28(29-23)37(32,33)30-27(21-12-16-24-14-5-2-6-15-24)36(31,34-25-17-7-3-8-18-25)35-26-19-9-4-10-20-26/h2-20,22,27,30H,21H2,1H3/b16-12+/t27-/m0/s1. The molecule has 0 fully saturated rings. The van der Waals surface area contributed by atoms with Gasteiger partial charge < -0.3 is 9.05 Å². The van der Waals surface area contributed by atoms with E-state index in [1.54, 1.807) is 85.8 Å². The van der Waals surface area contributed by atoms with Crippen molar-refractivity contribution in [3.63, 3.8) is 0 Å². The summed E-state index contributed by atoms with van der Waals surface area (Å²) >= 11 is 0. The second kappa shape index (κ2) is 12.0. The number of aromatic nitrogens is 1. The number of rotatable bonds is 11. The first-order valence-corrected chi connectivity index (χ1v) is 14.7. The smallest absolute Gasteiger partial charge is 0.415 e. The van der Waals surface area contributed by atoms with Gasteiger partial charge in [-0.25, -0.2) is 18.0 Å². The number of nitrogens with one attached hydrogen (secondary N) is 1. The molecule has 0 aliphatic rings. The number of para-hydroxylation sites is 2. The highest BCUT2D eigenvalue weighted by Gasteiger charge is 2.42. The van der Waals surface area contributed by atoms with Crippen LogP contribution in [0.2, 0.25) is 0 Å². The van der Waals surface area contributed by atoms with Crippen LogP contribution in [0.3, 0.4) is 0 Å². The molecule has 0 aliphatic heterocycles. The summed E-state index contributed by atoms with van der Waals surface area (Å²) < 4.78 is 55.6. The number of pyridine rings is 1. The van der Waals surface area contributed by atoms with Gasteiger partial charge in [-0.1, -0.05) is 84.9 Å². The van der Waals surface area contributed by atoms with E-state index in [1.165, 1.54) is 6.07 Å². The minimum absolute atomic E-state index is 0.0247. The number of hydrogen-bond donors (Lipinski definition) is 1. The molecule has 190 valence electrons. The van der Waals surface area contributed by atoms with E-state index in [-0.39, 0.29) is 22.9 Å². The van der Waals surface area contributed by atoms with Gasteiger partial charge in [0.25, 0.3) is 10.0 Å². The van der Waals surface area contributed by atoms with Gasteiger partial charge in [-0.15, -0.1) is 0 Å². The lowest BCUT2D eigenvalue weighted by atomic mass is 10.2. The molecule has 1 heterocycles. The van der Waals surface area contributed by atoms with Gasteiger partial charge in [0.2, 0.25) is 0 Å². The molecular weight excluding hydrogens is 507 g/mol. The maximum Gasteiger partial charge on any atom is 0.448 e. The van der Waals surface area contributed by atoms with Crippen molar-refractivity contribution in [1.29, 1.82) is 0 Å². The molecule has 0 spiro atoms. The van der Waals surface area contributed by atoms with Crippen molar-refractivity contribution in [3.05, 3.63) is 127 Å². The van der Waals surface area contributed by atoms with Crippen LogP contribution in [0.1, 0.15) is 17.7 Å². The summed E-state index contributed by atoms with van der Waals surface area (Å²) in [5.74, 6) is -0.696. The summed E-state index contributed by atoms with van der Waals surface area (Å²) in [6, 6.07) is 31.2. The van der Waals surface area contributed by atoms with Crippen LogP contribution in [-0.2, 0) is 14.6 Å². The first kappa shape index (κ1) is 26.4. The summed E-state index contributed by atoms with van der Waals surface area (Å²) in [6.07, 6.45) is 3.58. The Hall–Kier alpha value is -3.71. The number of sulfonamides is 1. The fourth-order valence-electron chi connectivity index (χ4n) is 3.45. The lowest BCUT2D eigenvalue weighted by Gasteiger charge is -2.27. The number of benzene rings is 3. The Bertz CT molecular complexity index is 1440. The van der Waals surface area contributed by atoms with Crippen molar-refractivity contribution < 1.29 is 22.0 Å². The zero-order valence-electron chi connectivity index (χ0n) is 20.2.